The number of rotatable bonds is 5. The average Bonchev–Trinajstić information content (AvgIpc) is 3.39. The third-order valence-corrected chi connectivity index (χ3v) is 7.33. The molecule has 0 spiro atoms. The minimum Gasteiger partial charge on any atom is -0.367 e. The van der Waals surface area contributed by atoms with Gasteiger partial charge < -0.3 is 15.1 Å². The first-order chi connectivity index (χ1) is 17.3. The van der Waals surface area contributed by atoms with Gasteiger partial charge in [0.05, 0.1) is 17.4 Å². The van der Waals surface area contributed by atoms with Crippen LogP contribution in [0.1, 0.15) is 61.5 Å². The van der Waals surface area contributed by atoms with Gasteiger partial charge >= 0.3 is 0 Å². The largest absolute Gasteiger partial charge is 0.367 e. The highest BCUT2D eigenvalue weighted by molar-refractivity contribution is 5.99. The van der Waals surface area contributed by atoms with Gasteiger partial charge in [0.2, 0.25) is 11.9 Å². The number of pyridine rings is 2. The molecule has 0 aromatic carbocycles. The zero-order valence-electron chi connectivity index (χ0n) is 21.0. The van der Waals surface area contributed by atoms with Crippen molar-refractivity contribution < 1.29 is 9.59 Å². The first-order valence-corrected chi connectivity index (χ1v) is 12.5. The summed E-state index contributed by atoms with van der Waals surface area (Å²) in [6.07, 6.45) is 7.37. The molecule has 2 aliphatic rings. The summed E-state index contributed by atoms with van der Waals surface area (Å²) in [4.78, 5) is 55.0. The first-order valence-electron chi connectivity index (χ1n) is 12.5. The molecule has 4 heterocycles. The van der Waals surface area contributed by atoms with Crippen molar-refractivity contribution in [2.75, 3.05) is 36.4 Å². The van der Waals surface area contributed by atoms with E-state index in [0.29, 0.717) is 41.5 Å². The number of nitrogens with zero attached hydrogens (tertiary/aromatic N) is 6. The number of fused-ring (bicyclic) bond motifs is 1. The van der Waals surface area contributed by atoms with Crippen LogP contribution in [0.4, 0.5) is 17.5 Å². The van der Waals surface area contributed by atoms with Crippen molar-refractivity contribution in [3.05, 3.63) is 46.0 Å². The van der Waals surface area contributed by atoms with E-state index in [1.807, 2.05) is 17.0 Å². The van der Waals surface area contributed by atoms with Crippen LogP contribution in [0.25, 0.3) is 11.0 Å². The Balaban J connectivity index is 1.42. The molecule has 1 aliphatic heterocycles. The minimum atomic E-state index is -0.267. The molecule has 10 nitrogen and oxygen atoms in total. The lowest BCUT2D eigenvalue weighted by Crippen LogP contribution is -2.48. The number of Topliss-reactive ketones (excluding diaryl/α,β-unsaturated/α-hetero) is 1. The van der Waals surface area contributed by atoms with Crippen molar-refractivity contribution in [1.82, 2.24) is 24.4 Å². The molecule has 1 aliphatic carbocycles. The predicted molar refractivity (Wildman–Crippen MR) is 138 cm³/mol. The van der Waals surface area contributed by atoms with Gasteiger partial charge in [0.1, 0.15) is 11.5 Å². The summed E-state index contributed by atoms with van der Waals surface area (Å²) in [6.45, 7) is 7.76. The molecular weight excluding hydrogens is 458 g/mol. The van der Waals surface area contributed by atoms with Gasteiger partial charge in [-0.3, -0.25) is 19.0 Å². The van der Waals surface area contributed by atoms with Crippen molar-refractivity contribution in [3.63, 3.8) is 0 Å². The topological polar surface area (TPSA) is 113 Å². The van der Waals surface area contributed by atoms with Gasteiger partial charge in [-0.1, -0.05) is 12.8 Å². The van der Waals surface area contributed by atoms with Gasteiger partial charge in [-0.15, -0.1) is 0 Å². The smallest absolute Gasteiger partial charge is 0.263 e. The summed E-state index contributed by atoms with van der Waals surface area (Å²) in [7, 11) is 0. The van der Waals surface area contributed by atoms with Gasteiger partial charge in [-0.2, -0.15) is 4.98 Å². The molecule has 3 aromatic heterocycles. The molecule has 3 aromatic rings. The van der Waals surface area contributed by atoms with Crippen LogP contribution in [0.2, 0.25) is 0 Å². The molecule has 0 atom stereocenters. The highest BCUT2D eigenvalue weighted by atomic mass is 16.2. The monoisotopic (exact) mass is 489 g/mol. The molecule has 0 bridgehead atoms. The third kappa shape index (κ3) is 4.43. The maximum Gasteiger partial charge on any atom is 0.263 e. The number of ketones is 1. The van der Waals surface area contributed by atoms with Crippen molar-refractivity contribution in [3.8, 4) is 0 Å². The minimum absolute atomic E-state index is 0.0299. The Morgan fingerprint density at radius 2 is 1.72 bits per heavy atom. The lowest BCUT2D eigenvalue weighted by molar-refractivity contribution is -0.129. The maximum atomic E-state index is 13.4. The average molecular weight is 490 g/mol. The second kappa shape index (κ2) is 9.67. The summed E-state index contributed by atoms with van der Waals surface area (Å²) in [5.41, 5.74) is 2.12. The lowest BCUT2D eigenvalue weighted by Gasteiger charge is -2.35. The maximum absolute atomic E-state index is 13.4. The number of carbonyl (C=O) groups is 2. The van der Waals surface area contributed by atoms with Crippen molar-refractivity contribution >= 4 is 40.2 Å². The van der Waals surface area contributed by atoms with Gasteiger partial charge in [-0.05, 0) is 44.4 Å². The van der Waals surface area contributed by atoms with Crippen LogP contribution in [-0.4, -0.2) is 62.3 Å². The highest BCUT2D eigenvalue weighted by Crippen LogP contribution is 2.32. The van der Waals surface area contributed by atoms with Crippen LogP contribution < -0.4 is 15.8 Å². The number of hydrogen-bond acceptors (Lipinski definition) is 8. The quantitative estimate of drug-likeness (QED) is 0.544. The molecule has 0 radical (unpaired) electrons. The Bertz CT molecular complexity index is 1370. The number of aryl methyl sites for hydroxylation is 1. The second-order valence-corrected chi connectivity index (χ2v) is 9.62. The highest BCUT2D eigenvalue weighted by Gasteiger charge is 2.26. The van der Waals surface area contributed by atoms with Crippen LogP contribution in [0.15, 0.2) is 29.3 Å². The fourth-order valence-corrected chi connectivity index (χ4v) is 5.35. The molecular formula is C26H31N7O3. The number of carbonyl (C=O) groups excluding carboxylic acids is 2. The van der Waals surface area contributed by atoms with E-state index in [9.17, 15) is 14.4 Å². The second-order valence-electron chi connectivity index (χ2n) is 9.62. The SMILES string of the molecule is CC(=O)c1c(C)c2cnc(Nc3ccc(N4CCN(C(C)=O)CC4)cn3)nc2n(C2CCCC2)c1=O. The Morgan fingerprint density at radius 1 is 1.00 bits per heavy atom. The molecule has 1 amide bonds. The van der Waals surface area contributed by atoms with Crippen LogP contribution in [0, 0.1) is 6.92 Å². The van der Waals surface area contributed by atoms with E-state index in [1.54, 1.807) is 30.8 Å². The zero-order valence-corrected chi connectivity index (χ0v) is 21.0. The van der Waals surface area contributed by atoms with E-state index in [4.69, 9.17) is 4.98 Å². The molecule has 36 heavy (non-hydrogen) atoms. The fraction of sp³-hybridized carbons (Fsp3) is 0.462. The van der Waals surface area contributed by atoms with Crippen molar-refractivity contribution in [2.45, 2.75) is 52.5 Å². The Kier molecular flexibility index (Phi) is 6.42. The molecule has 2 fully saturated rings. The van der Waals surface area contributed by atoms with Crippen LogP contribution in [-0.2, 0) is 4.79 Å². The third-order valence-electron chi connectivity index (χ3n) is 7.33. The van der Waals surface area contributed by atoms with E-state index >= 15 is 0 Å². The Morgan fingerprint density at radius 3 is 2.33 bits per heavy atom. The molecule has 1 N–H and O–H groups in total. The van der Waals surface area contributed by atoms with Crippen LogP contribution >= 0.6 is 0 Å². The summed E-state index contributed by atoms with van der Waals surface area (Å²) >= 11 is 0. The number of amides is 1. The number of piperazine rings is 1. The van der Waals surface area contributed by atoms with E-state index < -0.39 is 0 Å². The van der Waals surface area contributed by atoms with E-state index in [2.05, 4.69) is 20.2 Å². The molecule has 10 heteroatoms. The number of nitrogens with one attached hydrogen (secondary N) is 1. The zero-order chi connectivity index (χ0) is 25.4. The number of aromatic nitrogens is 4. The standard InChI is InChI=1S/C26H31N7O3/c1-16-21-15-28-26(30-24(21)33(19-6-4-5-7-19)25(36)23(16)17(2)34)29-22-9-8-20(14-27-22)32-12-10-31(11-13-32)18(3)35/h8-9,14-15,19H,4-7,10-13H2,1-3H3,(H,27,28,29,30). The number of hydrogen-bond donors (Lipinski definition) is 1. The summed E-state index contributed by atoms with van der Waals surface area (Å²) in [5, 5.41) is 3.87. The van der Waals surface area contributed by atoms with Crippen LogP contribution in [0.5, 0.6) is 0 Å². The van der Waals surface area contributed by atoms with E-state index in [0.717, 1.165) is 44.5 Å². The summed E-state index contributed by atoms with van der Waals surface area (Å²) < 4.78 is 1.70. The molecule has 1 saturated carbocycles. The molecule has 1 saturated heterocycles. The molecule has 0 unspecified atom stereocenters. The van der Waals surface area contributed by atoms with Crippen molar-refractivity contribution in [2.24, 2.45) is 0 Å². The fourth-order valence-electron chi connectivity index (χ4n) is 5.35. The predicted octanol–water partition coefficient (Wildman–Crippen LogP) is 3.22. The van der Waals surface area contributed by atoms with E-state index in [1.165, 1.54) is 6.92 Å². The Labute approximate surface area is 209 Å². The van der Waals surface area contributed by atoms with Crippen molar-refractivity contribution in [1.29, 1.82) is 0 Å². The van der Waals surface area contributed by atoms with E-state index in [-0.39, 0.29) is 28.9 Å². The first kappa shape index (κ1) is 23.9. The normalized spacial score (nSPS) is 16.5. The summed E-state index contributed by atoms with van der Waals surface area (Å²) in [5.74, 6) is 0.806. The lowest BCUT2D eigenvalue weighted by atomic mass is 10.0. The molecule has 5 rings (SSSR count). The summed E-state index contributed by atoms with van der Waals surface area (Å²) in [6, 6.07) is 3.88. The molecule has 188 valence electrons. The van der Waals surface area contributed by atoms with Gasteiger partial charge in [0.15, 0.2) is 5.78 Å². The Hall–Kier alpha value is -3.82. The van der Waals surface area contributed by atoms with Gasteiger partial charge in [0.25, 0.3) is 5.56 Å². The number of anilines is 3. The van der Waals surface area contributed by atoms with Gasteiger partial charge in [0, 0.05) is 50.7 Å². The van der Waals surface area contributed by atoms with Crippen LogP contribution in [0.3, 0.4) is 0 Å². The van der Waals surface area contributed by atoms with Gasteiger partial charge in [-0.25, -0.2) is 9.97 Å².